The lowest BCUT2D eigenvalue weighted by molar-refractivity contribution is -0.248. The number of amides is 1. The molecule has 11 heteroatoms. The summed E-state index contributed by atoms with van der Waals surface area (Å²) in [5, 5.41) is 12.9. The summed E-state index contributed by atoms with van der Waals surface area (Å²) in [6.45, 7) is -0.00654. The summed E-state index contributed by atoms with van der Waals surface area (Å²) in [5.74, 6) is -1.76. The molecule has 2 aromatic carbocycles. The van der Waals surface area contributed by atoms with Crippen molar-refractivity contribution in [2.45, 2.75) is 43.9 Å². The van der Waals surface area contributed by atoms with Crippen LogP contribution in [0, 0.1) is 11.3 Å². The molecule has 0 unspecified atom stereocenters. The highest BCUT2D eigenvalue weighted by Crippen LogP contribution is 2.33. The standard InChI is InChI=1S/C25H26F3N3O5/c1-34-19-10-11-20(22(14-19)35-2)17-8-6-16(7-9-17)13-18(15-29)30-23(32)21-5-3-4-12-31(21)36-24(33)25(26,27)28/h6-11,14,18,21H,3-5,12-13H2,1-2H3,(H,30,32)/t18-,21-/m0/s1. The molecule has 1 aliphatic heterocycles. The van der Waals surface area contributed by atoms with E-state index in [0.29, 0.717) is 24.3 Å². The van der Waals surface area contributed by atoms with Crippen LogP contribution in [0.3, 0.4) is 0 Å². The molecule has 0 aromatic heterocycles. The number of nitrogens with zero attached hydrogens (tertiary/aromatic N) is 2. The number of hydroxylamine groups is 2. The van der Waals surface area contributed by atoms with Crippen molar-refractivity contribution in [3.8, 4) is 28.7 Å². The fraction of sp³-hybridized carbons (Fsp3) is 0.400. The van der Waals surface area contributed by atoms with E-state index in [1.807, 2.05) is 42.5 Å². The van der Waals surface area contributed by atoms with Crippen molar-refractivity contribution in [2.75, 3.05) is 20.8 Å². The zero-order valence-corrected chi connectivity index (χ0v) is 19.8. The van der Waals surface area contributed by atoms with E-state index in [1.165, 1.54) is 0 Å². The highest BCUT2D eigenvalue weighted by molar-refractivity contribution is 5.83. The Hall–Kier alpha value is -3.78. The average molecular weight is 505 g/mol. The number of hydrogen-bond acceptors (Lipinski definition) is 7. The summed E-state index contributed by atoms with van der Waals surface area (Å²) < 4.78 is 48.4. The highest BCUT2D eigenvalue weighted by Gasteiger charge is 2.44. The Morgan fingerprint density at radius 1 is 1.14 bits per heavy atom. The van der Waals surface area contributed by atoms with E-state index >= 15 is 0 Å². The molecular formula is C25H26F3N3O5. The van der Waals surface area contributed by atoms with Gasteiger partial charge in [0.05, 0.1) is 20.3 Å². The van der Waals surface area contributed by atoms with Crippen LogP contribution in [0.15, 0.2) is 42.5 Å². The van der Waals surface area contributed by atoms with E-state index in [1.54, 1.807) is 20.3 Å². The molecule has 1 heterocycles. The van der Waals surface area contributed by atoms with E-state index in [9.17, 15) is 28.0 Å². The number of halogens is 3. The quantitative estimate of drug-likeness (QED) is 0.583. The lowest BCUT2D eigenvalue weighted by Gasteiger charge is -2.33. The summed E-state index contributed by atoms with van der Waals surface area (Å²) in [4.78, 5) is 28.4. The Morgan fingerprint density at radius 2 is 1.86 bits per heavy atom. The van der Waals surface area contributed by atoms with Gasteiger partial charge in [-0.3, -0.25) is 4.79 Å². The van der Waals surface area contributed by atoms with Gasteiger partial charge >= 0.3 is 12.1 Å². The summed E-state index contributed by atoms with van der Waals surface area (Å²) in [5.41, 5.74) is 2.49. The van der Waals surface area contributed by atoms with E-state index in [-0.39, 0.29) is 19.4 Å². The van der Waals surface area contributed by atoms with E-state index in [4.69, 9.17) is 9.47 Å². The highest BCUT2D eigenvalue weighted by atomic mass is 19.4. The SMILES string of the molecule is COc1ccc(-c2ccc(C[C@@H](C#N)NC(=O)[C@@H]3CCCCN3OC(=O)C(F)(F)F)cc2)c(OC)c1. The number of carbonyl (C=O) groups is 2. The van der Waals surface area contributed by atoms with Crippen LogP contribution in [-0.2, 0) is 20.8 Å². The number of nitriles is 1. The molecule has 0 saturated carbocycles. The van der Waals surface area contributed by atoms with E-state index in [0.717, 1.165) is 21.8 Å². The number of ether oxygens (including phenoxy) is 2. The fourth-order valence-electron chi connectivity index (χ4n) is 3.92. The molecule has 1 N–H and O–H groups in total. The third-order valence-corrected chi connectivity index (χ3v) is 5.77. The minimum atomic E-state index is -5.17. The molecule has 2 aromatic rings. The van der Waals surface area contributed by atoms with Gasteiger partial charge in [0.2, 0.25) is 5.91 Å². The second kappa shape index (κ2) is 11.8. The van der Waals surface area contributed by atoms with Gasteiger partial charge in [-0.1, -0.05) is 24.3 Å². The lowest BCUT2D eigenvalue weighted by atomic mass is 9.99. The number of nitrogens with one attached hydrogen (secondary N) is 1. The number of rotatable bonds is 8. The topological polar surface area (TPSA) is 101 Å². The molecule has 1 fully saturated rings. The molecular weight excluding hydrogens is 479 g/mol. The molecule has 0 spiro atoms. The third-order valence-electron chi connectivity index (χ3n) is 5.77. The first kappa shape index (κ1) is 26.8. The van der Waals surface area contributed by atoms with Crippen LogP contribution < -0.4 is 14.8 Å². The number of hydrogen-bond donors (Lipinski definition) is 1. The first-order valence-electron chi connectivity index (χ1n) is 11.2. The maximum Gasteiger partial charge on any atom is 0.492 e. The number of benzene rings is 2. The second-order valence-corrected chi connectivity index (χ2v) is 8.19. The smallest absolute Gasteiger partial charge is 0.492 e. The van der Waals surface area contributed by atoms with Crippen molar-refractivity contribution in [3.05, 3.63) is 48.0 Å². The zero-order valence-electron chi connectivity index (χ0n) is 19.8. The average Bonchev–Trinajstić information content (AvgIpc) is 2.88. The molecule has 0 aliphatic carbocycles. The Balaban J connectivity index is 1.66. The minimum Gasteiger partial charge on any atom is -0.497 e. The van der Waals surface area contributed by atoms with Crippen LogP contribution in [-0.4, -0.2) is 56.0 Å². The van der Waals surface area contributed by atoms with Crippen molar-refractivity contribution < 1.29 is 37.1 Å². The second-order valence-electron chi connectivity index (χ2n) is 8.19. The summed E-state index contributed by atoms with van der Waals surface area (Å²) in [6.07, 6.45) is -3.74. The van der Waals surface area contributed by atoms with Crippen LogP contribution in [0.4, 0.5) is 13.2 Å². The molecule has 1 aliphatic rings. The summed E-state index contributed by atoms with van der Waals surface area (Å²) in [7, 11) is 3.12. The molecule has 3 rings (SSSR count). The van der Waals surface area contributed by atoms with Crippen molar-refractivity contribution in [3.63, 3.8) is 0 Å². The van der Waals surface area contributed by atoms with Gasteiger partial charge in [-0.05, 0) is 42.5 Å². The minimum absolute atomic E-state index is 0.00654. The van der Waals surface area contributed by atoms with Crippen molar-refractivity contribution >= 4 is 11.9 Å². The molecule has 2 atom stereocenters. The van der Waals surface area contributed by atoms with Gasteiger partial charge in [-0.2, -0.15) is 18.4 Å². The van der Waals surface area contributed by atoms with Gasteiger partial charge in [0.15, 0.2) is 0 Å². The van der Waals surface area contributed by atoms with Gasteiger partial charge in [-0.25, -0.2) is 4.79 Å². The van der Waals surface area contributed by atoms with Crippen LogP contribution in [0.2, 0.25) is 0 Å². The molecule has 0 radical (unpaired) electrons. The van der Waals surface area contributed by atoms with Gasteiger partial charge < -0.3 is 19.6 Å². The molecule has 0 bridgehead atoms. The number of methoxy groups -OCH3 is 2. The Bertz CT molecular complexity index is 1120. The predicted octanol–water partition coefficient (Wildman–Crippen LogP) is 3.80. The van der Waals surface area contributed by atoms with Crippen LogP contribution in [0.1, 0.15) is 24.8 Å². The van der Waals surface area contributed by atoms with E-state index < -0.39 is 30.1 Å². The van der Waals surface area contributed by atoms with Crippen LogP contribution in [0.25, 0.3) is 11.1 Å². The fourth-order valence-corrected chi connectivity index (χ4v) is 3.92. The first-order valence-corrected chi connectivity index (χ1v) is 11.2. The van der Waals surface area contributed by atoms with E-state index in [2.05, 4.69) is 10.2 Å². The lowest BCUT2D eigenvalue weighted by Crippen LogP contribution is -2.53. The van der Waals surface area contributed by atoms with Gasteiger partial charge in [0.25, 0.3) is 0 Å². The number of carbonyl (C=O) groups excluding carboxylic acids is 2. The zero-order chi connectivity index (χ0) is 26.3. The van der Waals surface area contributed by atoms with Gasteiger partial charge in [0.1, 0.15) is 23.6 Å². The van der Waals surface area contributed by atoms with Gasteiger partial charge in [0, 0.05) is 24.6 Å². The van der Waals surface area contributed by atoms with Crippen LogP contribution in [0.5, 0.6) is 11.5 Å². The third kappa shape index (κ3) is 6.66. The monoisotopic (exact) mass is 505 g/mol. The Kier molecular flexibility index (Phi) is 8.77. The summed E-state index contributed by atoms with van der Waals surface area (Å²) >= 11 is 0. The number of alkyl halides is 3. The molecule has 1 amide bonds. The predicted molar refractivity (Wildman–Crippen MR) is 123 cm³/mol. The molecule has 1 saturated heterocycles. The largest absolute Gasteiger partial charge is 0.497 e. The number of piperidine rings is 1. The Morgan fingerprint density at radius 3 is 2.47 bits per heavy atom. The molecule has 192 valence electrons. The van der Waals surface area contributed by atoms with Crippen molar-refractivity contribution in [1.82, 2.24) is 10.4 Å². The van der Waals surface area contributed by atoms with Gasteiger partial charge in [-0.15, -0.1) is 5.06 Å². The first-order chi connectivity index (χ1) is 17.2. The molecule has 36 heavy (non-hydrogen) atoms. The van der Waals surface area contributed by atoms with Crippen LogP contribution >= 0.6 is 0 Å². The maximum atomic E-state index is 12.8. The maximum absolute atomic E-state index is 12.8. The Labute approximate surface area is 206 Å². The van der Waals surface area contributed by atoms with Crippen molar-refractivity contribution in [1.29, 1.82) is 5.26 Å². The van der Waals surface area contributed by atoms with Crippen molar-refractivity contribution in [2.24, 2.45) is 0 Å². The summed E-state index contributed by atoms with van der Waals surface area (Å²) in [6, 6.07) is 12.8. The molecule has 8 nitrogen and oxygen atoms in total. The normalized spacial score (nSPS) is 16.9.